The van der Waals surface area contributed by atoms with Gasteiger partial charge in [0.25, 0.3) is 10.2 Å². The first-order chi connectivity index (χ1) is 17.0. The number of benzene rings is 2. The number of hydrogen-bond donors (Lipinski definition) is 2. The molecule has 1 aliphatic carbocycles. The van der Waals surface area contributed by atoms with Crippen molar-refractivity contribution >= 4 is 26.8 Å². The van der Waals surface area contributed by atoms with Crippen molar-refractivity contribution in [1.29, 1.82) is 5.26 Å². The Morgan fingerprint density at radius 3 is 2.49 bits per heavy atom. The molecule has 1 aromatic heterocycles. The molecule has 5 rings (SSSR count). The summed E-state index contributed by atoms with van der Waals surface area (Å²) in [5, 5.41) is 11.1. The Kier molecular flexibility index (Phi) is 6.69. The molecule has 184 valence electrons. The first-order valence-electron chi connectivity index (χ1n) is 12.2. The largest absolute Gasteiger partial charge is 0.490 e. The van der Waals surface area contributed by atoms with Crippen molar-refractivity contribution in [1.82, 2.24) is 9.29 Å². The summed E-state index contributed by atoms with van der Waals surface area (Å²) in [7, 11) is -3.61. The Morgan fingerprint density at radius 1 is 1.11 bits per heavy atom. The molecule has 0 bridgehead atoms. The van der Waals surface area contributed by atoms with Crippen molar-refractivity contribution in [2.24, 2.45) is 0 Å². The average molecular weight is 495 g/mol. The third-order valence-electron chi connectivity index (χ3n) is 6.74. The molecule has 0 unspecified atom stereocenters. The third kappa shape index (κ3) is 4.87. The van der Waals surface area contributed by atoms with Gasteiger partial charge in [0.1, 0.15) is 17.9 Å². The van der Waals surface area contributed by atoms with Gasteiger partial charge in [-0.05, 0) is 49.1 Å². The van der Waals surface area contributed by atoms with Crippen LogP contribution in [-0.2, 0) is 14.9 Å². The number of fused-ring (bicyclic) bond motifs is 1. The molecule has 9 heteroatoms. The van der Waals surface area contributed by atoms with Gasteiger partial charge in [0.2, 0.25) is 0 Å². The van der Waals surface area contributed by atoms with E-state index in [2.05, 4.69) is 26.1 Å². The van der Waals surface area contributed by atoms with Crippen LogP contribution in [0.25, 0.3) is 22.2 Å². The van der Waals surface area contributed by atoms with Crippen molar-refractivity contribution in [3.63, 3.8) is 0 Å². The van der Waals surface area contributed by atoms with Crippen molar-refractivity contribution < 1.29 is 17.9 Å². The molecule has 1 saturated heterocycles. The van der Waals surface area contributed by atoms with Crippen LogP contribution in [0.3, 0.4) is 0 Å². The molecular formula is C26H30N4O4S. The van der Waals surface area contributed by atoms with Gasteiger partial charge in [0.15, 0.2) is 0 Å². The second-order valence-corrected chi connectivity index (χ2v) is 10.6. The molecule has 2 fully saturated rings. The summed E-state index contributed by atoms with van der Waals surface area (Å²) in [4.78, 5) is 0. The number of rotatable bonds is 8. The van der Waals surface area contributed by atoms with Gasteiger partial charge in [-0.2, -0.15) is 18.4 Å². The number of aromatic nitrogens is 1. The van der Waals surface area contributed by atoms with Crippen molar-refractivity contribution in [2.45, 2.75) is 51.2 Å². The fourth-order valence-corrected chi connectivity index (χ4v) is 5.75. The summed E-state index contributed by atoms with van der Waals surface area (Å²) in [5.74, 6) is 0.812. The number of nitrogens with one attached hydrogen (secondary N) is 2. The number of ether oxygens (including phenoxy) is 2. The van der Waals surface area contributed by atoms with E-state index in [1.165, 1.54) is 0 Å². The smallest absolute Gasteiger partial charge is 0.299 e. The molecule has 0 amide bonds. The fraction of sp³-hybridized carbons (Fsp3) is 0.423. The van der Waals surface area contributed by atoms with Gasteiger partial charge >= 0.3 is 0 Å². The SMILES string of the molecule is CCNS(=O)(=O)Nc1ccc(-c2c(C#N)c3ccc(OC4CCOCC4)cc3n2C2CCC2)cc1. The van der Waals surface area contributed by atoms with Crippen LogP contribution < -0.4 is 14.2 Å². The molecule has 35 heavy (non-hydrogen) atoms. The number of anilines is 1. The van der Waals surface area contributed by atoms with Crippen LogP contribution in [0.4, 0.5) is 5.69 Å². The van der Waals surface area contributed by atoms with Gasteiger partial charge in [-0.25, -0.2) is 0 Å². The molecule has 1 aliphatic heterocycles. The minimum absolute atomic E-state index is 0.141. The van der Waals surface area contributed by atoms with E-state index >= 15 is 0 Å². The zero-order chi connectivity index (χ0) is 24.4. The van der Waals surface area contributed by atoms with Gasteiger partial charge in [0.05, 0.1) is 30.0 Å². The lowest BCUT2D eigenvalue weighted by molar-refractivity contribution is 0.0256. The fourth-order valence-electron chi connectivity index (χ4n) is 4.85. The molecule has 1 saturated carbocycles. The predicted octanol–water partition coefficient (Wildman–Crippen LogP) is 4.73. The highest BCUT2D eigenvalue weighted by Crippen LogP contribution is 2.43. The summed E-state index contributed by atoms with van der Waals surface area (Å²) >= 11 is 0. The van der Waals surface area contributed by atoms with Crippen LogP contribution in [-0.4, -0.2) is 38.8 Å². The van der Waals surface area contributed by atoms with E-state index in [0.717, 1.165) is 73.2 Å². The Labute approximate surface area is 206 Å². The van der Waals surface area contributed by atoms with Crippen LogP contribution in [0.15, 0.2) is 42.5 Å². The summed E-state index contributed by atoms with van der Waals surface area (Å²) in [6, 6.07) is 15.9. The average Bonchev–Trinajstić information content (AvgIpc) is 3.12. The maximum absolute atomic E-state index is 12.0. The Hall–Kier alpha value is -3.06. The molecule has 2 aromatic carbocycles. The first-order valence-corrected chi connectivity index (χ1v) is 13.7. The van der Waals surface area contributed by atoms with E-state index in [4.69, 9.17) is 9.47 Å². The molecule has 0 spiro atoms. The van der Waals surface area contributed by atoms with Crippen LogP contribution >= 0.6 is 0 Å². The first kappa shape index (κ1) is 23.7. The van der Waals surface area contributed by atoms with Gasteiger partial charge in [-0.3, -0.25) is 4.72 Å². The maximum Gasteiger partial charge on any atom is 0.299 e. The molecule has 8 nitrogen and oxygen atoms in total. The third-order valence-corrected chi connectivity index (χ3v) is 7.92. The van der Waals surface area contributed by atoms with Gasteiger partial charge in [-0.15, -0.1) is 0 Å². The Bertz CT molecular complexity index is 1350. The van der Waals surface area contributed by atoms with E-state index in [0.29, 0.717) is 23.8 Å². The van der Waals surface area contributed by atoms with E-state index in [1.54, 1.807) is 19.1 Å². The predicted molar refractivity (Wildman–Crippen MR) is 136 cm³/mol. The van der Waals surface area contributed by atoms with Crippen LogP contribution in [0.5, 0.6) is 5.75 Å². The topological polar surface area (TPSA) is 105 Å². The lowest BCUT2D eigenvalue weighted by Gasteiger charge is -2.30. The van der Waals surface area contributed by atoms with Crippen LogP contribution in [0.2, 0.25) is 0 Å². The van der Waals surface area contributed by atoms with Crippen LogP contribution in [0.1, 0.15) is 50.6 Å². The Balaban J connectivity index is 1.54. The number of nitrogens with zero attached hydrogens (tertiary/aromatic N) is 2. The summed E-state index contributed by atoms with van der Waals surface area (Å²) in [6.45, 7) is 3.47. The normalized spacial score (nSPS) is 17.1. The maximum atomic E-state index is 12.0. The van der Waals surface area contributed by atoms with E-state index in [-0.39, 0.29) is 6.10 Å². The molecule has 2 heterocycles. The van der Waals surface area contributed by atoms with Crippen molar-refractivity contribution in [3.8, 4) is 23.1 Å². The van der Waals surface area contributed by atoms with E-state index < -0.39 is 10.2 Å². The Morgan fingerprint density at radius 2 is 1.86 bits per heavy atom. The number of hydrogen-bond acceptors (Lipinski definition) is 5. The quantitative estimate of drug-likeness (QED) is 0.471. The molecule has 3 aromatic rings. The molecule has 2 N–H and O–H groups in total. The van der Waals surface area contributed by atoms with E-state index in [1.807, 2.05) is 24.3 Å². The summed E-state index contributed by atoms with van der Waals surface area (Å²) < 4.78 is 43.0. The zero-order valence-corrected chi connectivity index (χ0v) is 20.6. The van der Waals surface area contributed by atoms with Gasteiger partial charge in [0, 0.05) is 42.6 Å². The van der Waals surface area contributed by atoms with Gasteiger partial charge < -0.3 is 14.0 Å². The van der Waals surface area contributed by atoms with Crippen molar-refractivity contribution in [3.05, 3.63) is 48.0 Å². The molecule has 0 radical (unpaired) electrons. The van der Waals surface area contributed by atoms with Gasteiger partial charge in [-0.1, -0.05) is 19.1 Å². The zero-order valence-electron chi connectivity index (χ0n) is 19.8. The highest BCUT2D eigenvalue weighted by atomic mass is 32.2. The minimum Gasteiger partial charge on any atom is -0.490 e. The monoisotopic (exact) mass is 494 g/mol. The second-order valence-electron chi connectivity index (χ2n) is 9.08. The minimum atomic E-state index is -3.61. The van der Waals surface area contributed by atoms with Crippen molar-refractivity contribution in [2.75, 3.05) is 24.5 Å². The van der Waals surface area contributed by atoms with Crippen LogP contribution in [0, 0.1) is 11.3 Å². The summed E-state index contributed by atoms with van der Waals surface area (Å²) in [6.07, 6.45) is 5.18. The summed E-state index contributed by atoms with van der Waals surface area (Å²) in [5.41, 5.74) is 3.85. The highest BCUT2D eigenvalue weighted by molar-refractivity contribution is 7.90. The standard InChI is InChI=1S/C26H30N4O4S/c1-2-28-35(31,32)29-19-8-6-18(7-9-19)26-24(17-27)23-11-10-22(34-21-12-14-33-15-13-21)16-25(23)30(26)20-4-3-5-20/h6-11,16,20-21,28-29H,2-5,12-15H2,1H3. The highest BCUT2D eigenvalue weighted by Gasteiger charge is 2.28. The molecule has 2 aliphatic rings. The lowest BCUT2D eigenvalue weighted by Crippen LogP contribution is -2.29. The molecule has 0 atom stereocenters. The van der Waals surface area contributed by atoms with E-state index in [9.17, 15) is 13.7 Å². The molecular weight excluding hydrogens is 464 g/mol. The lowest BCUT2D eigenvalue weighted by atomic mass is 9.92. The number of nitriles is 1. The second kappa shape index (κ2) is 9.90.